The lowest BCUT2D eigenvalue weighted by atomic mass is 10.1. The number of amides is 1. The Morgan fingerprint density at radius 1 is 1.25 bits per heavy atom. The van der Waals surface area contributed by atoms with E-state index >= 15 is 0 Å². The Bertz CT molecular complexity index is 881. The smallest absolute Gasteiger partial charge is 0.289 e. The molecule has 0 saturated heterocycles. The van der Waals surface area contributed by atoms with Crippen LogP contribution in [-0.4, -0.2) is 34.0 Å². The zero-order chi connectivity index (χ0) is 16.5. The van der Waals surface area contributed by atoms with Crippen LogP contribution in [0, 0.1) is 0 Å². The standard InChI is InChI=1S/C18H17N3O3/c1-23-15-4-2-3-13(9-15)16-5-6-17(24-16)18(22)20-7-8-21-12-19-10-14(21)11-20/h2-6,9-10,12H,7-8,11H2,1H3. The number of furan rings is 1. The zero-order valence-corrected chi connectivity index (χ0v) is 13.3. The van der Waals surface area contributed by atoms with E-state index in [9.17, 15) is 4.79 Å². The van der Waals surface area contributed by atoms with Gasteiger partial charge < -0.3 is 18.6 Å². The molecule has 1 aliphatic rings. The minimum absolute atomic E-state index is 0.100. The SMILES string of the molecule is COc1cccc(-c2ccc(C(=O)N3CCn4cncc4C3)o2)c1. The summed E-state index contributed by atoms with van der Waals surface area (Å²) in [6.45, 7) is 1.95. The van der Waals surface area contributed by atoms with Crippen LogP contribution in [0.3, 0.4) is 0 Å². The first-order valence-corrected chi connectivity index (χ1v) is 7.77. The first-order valence-electron chi connectivity index (χ1n) is 7.77. The van der Waals surface area contributed by atoms with Gasteiger partial charge in [-0.05, 0) is 24.3 Å². The van der Waals surface area contributed by atoms with Gasteiger partial charge in [0.15, 0.2) is 5.76 Å². The summed E-state index contributed by atoms with van der Waals surface area (Å²) in [5.74, 6) is 1.65. The van der Waals surface area contributed by atoms with E-state index in [-0.39, 0.29) is 5.91 Å². The highest BCUT2D eigenvalue weighted by molar-refractivity contribution is 5.92. The summed E-state index contributed by atoms with van der Waals surface area (Å²) in [7, 11) is 1.62. The molecule has 1 aliphatic heterocycles. The molecule has 0 spiro atoms. The van der Waals surface area contributed by atoms with Crippen molar-refractivity contribution >= 4 is 5.91 Å². The number of hydrogen-bond donors (Lipinski definition) is 0. The number of rotatable bonds is 3. The molecule has 24 heavy (non-hydrogen) atoms. The molecule has 3 heterocycles. The van der Waals surface area contributed by atoms with Gasteiger partial charge in [-0.3, -0.25) is 4.79 Å². The summed E-state index contributed by atoms with van der Waals surface area (Å²) in [5, 5.41) is 0. The van der Waals surface area contributed by atoms with Gasteiger partial charge >= 0.3 is 0 Å². The van der Waals surface area contributed by atoms with Gasteiger partial charge in [-0.2, -0.15) is 0 Å². The Kier molecular flexibility index (Phi) is 3.57. The summed E-state index contributed by atoms with van der Waals surface area (Å²) >= 11 is 0. The summed E-state index contributed by atoms with van der Waals surface area (Å²) in [6, 6.07) is 11.1. The minimum atomic E-state index is -0.100. The largest absolute Gasteiger partial charge is 0.497 e. The van der Waals surface area contributed by atoms with Gasteiger partial charge in [0, 0.05) is 24.8 Å². The summed E-state index contributed by atoms with van der Waals surface area (Å²) < 4.78 is 13.1. The lowest BCUT2D eigenvalue weighted by molar-refractivity contribution is 0.0680. The van der Waals surface area contributed by atoms with Crippen LogP contribution in [0.1, 0.15) is 16.2 Å². The van der Waals surface area contributed by atoms with E-state index in [2.05, 4.69) is 9.55 Å². The van der Waals surface area contributed by atoms with Gasteiger partial charge in [-0.15, -0.1) is 0 Å². The van der Waals surface area contributed by atoms with Crippen molar-refractivity contribution in [3.8, 4) is 17.1 Å². The number of benzene rings is 1. The van der Waals surface area contributed by atoms with Crippen molar-refractivity contribution in [1.29, 1.82) is 0 Å². The lowest BCUT2D eigenvalue weighted by Gasteiger charge is -2.27. The van der Waals surface area contributed by atoms with Gasteiger partial charge in [0.2, 0.25) is 0 Å². The molecule has 0 bridgehead atoms. The van der Waals surface area contributed by atoms with Crippen molar-refractivity contribution < 1.29 is 13.9 Å². The highest BCUT2D eigenvalue weighted by Crippen LogP contribution is 2.26. The molecule has 3 aromatic rings. The van der Waals surface area contributed by atoms with Crippen LogP contribution < -0.4 is 4.74 Å². The van der Waals surface area contributed by atoms with E-state index in [1.54, 1.807) is 30.6 Å². The van der Waals surface area contributed by atoms with Crippen molar-refractivity contribution in [3.63, 3.8) is 0 Å². The van der Waals surface area contributed by atoms with Crippen LogP contribution >= 0.6 is 0 Å². The second kappa shape index (κ2) is 5.88. The number of carbonyl (C=O) groups excluding carboxylic acids is 1. The normalized spacial score (nSPS) is 13.6. The van der Waals surface area contributed by atoms with Crippen molar-refractivity contribution in [2.75, 3.05) is 13.7 Å². The average Bonchev–Trinajstić information content (AvgIpc) is 3.29. The van der Waals surface area contributed by atoms with Gasteiger partial charge in [0.1, 0.15) is 11.5 Å². The van der Waals surface area contributed by atoms with Gasteiger partial charge in [-0.1, -0.05) is 12.1 Å². The maximum absolute atomic E-state index is 12.7. The maximum Gasteiger partial charge on any atom is 0.289 e. The highest BCUT2D eigenvalue weighted by Gasteiger charge is 2.24. The number of nitrogens with zero attached hydrogens (tertiary/aromatic N) is 3. The molecule has 0 N–H and O–H groups in total. The fraction of sp³-hybridized carbons (Fsp3) is 0.222. The number of aromatic nitrogens is 2. The monoisotopic (exact) mass is 323 g/mol. The van der Waals surface area contributed by atoms with Crippen LogP contribution in [0.2, 0.25) is 0 Å². The first-order chi connectivity index (χ1) is 11.7. The molecule has 0 radical (unpaired) electrons. The Hall–Kier alpha value is -3.02. The summed E-state index contributed by atoms with van der Waals surface area (Å²) in [6.07, 6.45) is 3.59. The maximum atomic E-state index is 12.7. The quantitative estimate of drug-likeness (QED) is 0.743. The zero-order valence-electron chi connectivity index (χ0n) is 13.3. The molecular weight excluding hydrogens is 306 g/mol. The molecule has 0 unspecified atom stereocenters. The van der Waals surface area contributed by atoms with Gasteiger partial charge in [0.05, 0.1) is 25.7 Å². The predicted molar refractivity (Wildman–Crippen MR) is 87.7 cm³/mol. The molecule has 0 atom stereocenters. The molecule has 0 saturated carbocycles. The molecule has 2 aromatic heterocycles. The van der Waals surface area contributed by atoms with Crippen molar-refractivity contribution in [1.82, 2.24) is 14.5 Å². The van der Waals surface area contributed by atoms with Crippen LogP contribution in [0.5, 0.6) is 5.75 Å². The van der Waals surface area contributed by atoms with Crippen LogP contribution in [0.25, 0.3) is 11.3 Å². The molecule has 6 heteroatoms. The second-order valence-corrected chi connectivity index (χ2v) is 5.70. The number of ether oxygens (including phenoxy) is 1. The molecular formula is C18H17N3O3. The van der Waals surface area contributed by atoms with Crippen LogP contribution in [0.15, 0.2) is 53.3 Å². The number of fused-ring (bicyclic) bond motifs is 1. The fourth-order valence-electron chi connectivity index (χ4n) is 2.90. The Morgan fingerprint density at radius 2 is 2.17 bits per heavy atom. The lowest BCUT2D eigenvalue weighted by Crippen LogP contribution is -2.37. The molecule has 0 aliphatic carbocycles. The van der Waals surface area contributed by atoms with E-state index in [0.29, 0.717) is 24.6 Å². The van der Waals surface area contributed by atoms with Gasteiger partial charge in [0.25, 0.3) is 5.91 Å². The van der Waals surface area contributed by atoms with Crippen LogP contribution in [0.4, 0.5) is 0 Å². The second-order valence-electron chi connectivity index (χ2n) is 5.70. The van der Waals surface area contributed by atoms with Gasteiger partial charge in [-0.25, -0.2) is 4.98 Å². The minimum Gasteiger partial charge on any atom is -0.497 e. The van der Waals surface area contributed by atoms with Crippen molar-refractivity contribution in [2.45, 2.75) is 13.1 Å². The number of imidazole rings is 1. The third-order valence-corrected chi connectivity index (χ3v) is 4.22. The molecule has 0 fully saturated rings. The Morgan fingerprint density at radius 3 is 3.04 bits per heavy atom. The molecule has 122 valence electrons. The number of hydrogen-bond acceptors (Lipinski definition) is 4. The van der Waals surface area contributed by atoms with E-state index in [0.717, 1.165) is 23.6 Å². The predicted octanol–water partition coefficient (Wildman–Crippen LogP) is 2.81. The summed E-state index contributed by atoms with van der Waals surface area (Å²) in [5.41, 5.74) is 1.92. The van der Waals surface area contributed by atoms with E-state index < -0.39 is 0 Å². The fourth-order valence-corrected chi connectivity index (χ4v) is 2.90. The molecule has 1 amide bonds. The molecule has 1 aromatic carbocycles. The third kappa shape index (κ3) is 2.56. The highest BCUT2D eigenvalue weighted by atomic mass is 16.5. The molecule has 6 nitrogen and oxygen atoms in total. The third-order valence-electron chi connectivity index (χ3n) is 4.22. The van der Waals surface area contributed by atoms with Crippen molar-refractivity contribution in [3.05, 3.63) is 60.4 Å². The van der Waals surface area contributed by atoms with E-state index in [1.165, 1.54) is 0 Å². The number of carbonyl (C=O) groups is 1. The Balaban J connectivity index is 1.55. The molecule has 4 rings (SSSR count). The van der Waals surface area contributed by atoms with E-state index in [1.807, 2.05) is 30.3 Å². The topological polar surface area (TPSA) is 60.5 Å². The number of methoxy groups -OCH3 is 1. The van der Waals surface area contributed by atoms with Crippen molar-refractivity contribution in [2.24, 2.45) is 0 Å². The summed E-state index contributed by atoms with van der Waals surface area (Å²) in [4.78, 5) is 18.6. The van der Waals surface area contributed by atoms with Crippen LogP contribution in [-0.2, 0) is 13.1 Å². The van der Waals surface area contributed by atoms with E-state index in [4.69, 9.17) is 9.15 Å². The average molecular weight is 323 g/mol. The first kappa shape index (κ1) is 14.6. The Labute approximate surface area is 139 Å².